The number of aromatic nitrogens is 1. The Morgan fingerprint density at radius 3 is 2.53 bits per heavy atom. The fourth-order valence-electron chi connectivity index (χ4n) is 3.67. The summed E-state index contributed by atoms with van der Waals surface area (Å²) >= 11 is 0. The maximum atomic E-state index is 13.0. The SMILES string of the molecule is CCc1cc(C(=O)N2CCC[C@H](C(=O)c3ccc(Oc4ccccc4)cc3)C2)no1. The number of ketones is 1. The molecule has 2 aromatic carbocycles. The summed E-state index contributed by atoms with van der Waals surface area (Å²) in [6.07, 6.45) is 2.24. The first-order valence-corrected chi connectivity index (χ1v) is 10.3. The number of aryl methyl sites for hydroxylation is 1. The normalized spacial score (nSPS) is 16.3. The summed E-state index contributed by atoms with van der Waals surface area (Å²) in [6.45, 7) is 2.97. The van der Waals surface area contributed by atoms with Gasteiger partial charge >= 0.3 is 0 Å². The molecule has 0 N–H and O–H groups in total. The standard InChI is InChI=1S/C24H24N2O4/c1-2-19-15-22(25-30-19)24(28)26-14-6-7-18(16-26)23(27)17-10-12-21(13-11-17)29-20-8-4-3-5-9-20/h3-5,8-13,15,18H,2,6-7,14,16H2,1H3/t18-/m0/s1. The van der Waals surface area contributed by atoms with E-state index in [4.69, 9.17) is 9.26 Å². The van der Waals surface area contributed by atoms with Gasteiger partial charge in [-0.3, -0.25) is 9.59 Å². The zero-order chi connectivity index (χ0) is 20.9. The molecular weight excluding hydrogens is 380 g/mol. The summed E-state index contributed by atoms with van der Waals surface area (Å²) in [4.78, 5) is 27.4. The van der Waals surface area contributed by atoms with Crippen LogP contribution >= 0.6 is 0 Å². The number of ether oxygens (including phenoxy) is 1. The van der Waals surface area contributed by atoms with Crippen LogP contribution in [0.3, 0.4) is 0 Å². The molecule has 1 aliphatic heterocycles. The van der Waals surface area contributed by atoms with Crippen molar-refractivity contribution in [3.63, 3.8) is 0 Å². The molecular formula is C24H24N2O4. The second kappa shape index (κ2) is 8.95. The van der Waals surface area contributed by atoms with Crippen LogP contribution in [0.15, 0.2) is 65.2 Å². The van der Waals surface area contributed by atoms with Gasteiger partial charge in [0.1, 0.15) is 17.3 Å². The molecule has 0 spiro atoms. The van der Waals surface area contributed by atoms with Crippen LogP contribution in [-0.4, -0.2) is 34.8 Å². The number of carbonyl (C=O) groups is 2. The molecule has 0 aliphatic carbocycles. The smallest absolute Gasteiger partial charge is 0.276 e. The Morgan fingerprint density at radius 2 is 1.83 bits per heavy atom. The highest BCUT2D eigenvalue weighted by molar-refractivity contribution is 5.99. The maximum Gasteiger partial charge on any atom is 0.276 e. The maximum absolute atomic E-state index is 13.0. The van der Waals surface area contributed by atoms with Gasteiger partial charge in [0.2, 0.25) is 0 Å². The molecule has 0 saturated carbocycles. The first-order chi connectivity index (χ1) is 14.6. The summed E-state index contributed by atoms with van der Waals surface area (Å²) < 4.78 is 10.9. The van der Waals surface area contributed by atoms with Gasteiger partial charge in [-0.05, 0) is 49.2 Å². The van der Waals surface area contributed by atoms with Gasteiger partial charge in [0.15, 0.2) is 11.5 Å². The van der Waals surface area contributed by atoms with E-state index >= 15 is 0 Å². The molecule has 3 aromatic rings. The zero-order valence-electron chi connectivity index (χ0n) is 16.9. The minimum Gasteiger partial charge on any atom is -0.457 e. The summed E-state index contributed by atoms with van der Waals surface area (Å²) in [7, 11) is 0. The molecule has 1 aromatic heterocycles. The van der Waals surface area contributed by atoms with Gasteiger partial charge in [-0.15, -0.1) is 0 Å². The number of amides is 1. The number of rotatable bonds is 6. The molecule has 0 bridgehead atoms. The summed E-state index contributed by atoms with van der Waals surface area (Å²) in [5.74, 6) is 1.76. The lowest BCUT2D eigenvalue weighted by atomic mass is 9.90. The third kappa shape index (κ3) is 4.43. The molecule has 30 heavy (non-hydrogen) atoms. The van der Waals surface area contributed by atoms with E-state index in [0.717, 1.165) is 18.6 Å². The van der Waals surface area contributed by atoms with Crippen LogP contribution < -0.4 is 4.74 Å². The fourth-order valence-corrected chi connectivity index (χ4v) is 3.67. The predicted molar refractivity (Wildman–Crippen MR) is 112 cm³/mol. The van der Waals surface area contributed by atoms with Crippen molar-refractivity contribution in [3.8, 4) is 11.5 Å². The van der Waals surface area contributed by atoms with E-state index < -0.39 is 0 Å². The van der Waals surface area contributed by atoms with E-state index in [1.54, 1.807) is 35.2 Å². The number of Topliss-reactive ketones (excluding diaryl/α,β-unsaturated/α-hetero) is 1. The van der Waals surface area contributed by atoms with Gasteiger partial charge in [0.05, 0.1) is 0 Å². The number of nitrogens with zero attached hydrogens (tertiary/aromatic N) is 2. The largest absolute Gasteiger partial charge is 0.457 e. The third-order valence-electron chi connectivity index (χ3n) is 5.32. The Labute approximate surface area is 175 Å². The number of para-hydroxylation sites is 1. The fraction of sp³-hybridized carbons (Fsp3) is 0.292. The van der Waals surface area contributed by atoms with E-state index in [9.17, 15) is 9.59 Å². The van der Waals surface area contributed by atoms with Crippen molar-refractivity contribution in [2.75, 3.05) is 13.1 Å². The number of piperidine rings is 1. The van der Waals surface area contributed by atoms with Crippen LogP contribution in [0.1, 0.15) is 46.4 Å². The molecule has 4 rings (SSSR count). The lowest BCUT2D eigenvalue weighted by Crippen LogP contribution is -2.42. The molecule has 2 heterocycles. The first kappa shape index (κ1) is 19.9. The average Bonchev–Trinajstić information content (AvgIpc) is 3.29. The van der Waals surface area contributed by atoms with Gasteiger partial charge in [-0.2, -0.15) is 0 Å². The van der Waals surface area contributed by atoms with E-state index in [-0.39, 0.29) is 17.6 Å². The predicted octanol–water partition coefficient (Wildman–Crippen LogP) is 4.76. The van der Waals surface area contributed by atoms with Crippen molar-refractivity contribution in [2.45, 2.75) is 26.2 Å². The molecule has 1 aliphatic rings. The van der Waals surface area contributed by atoms with Gasteiger partial charge < -0.3 is 14.2 Å². The van der Waals surface area contributed by atoms with Crippen molar-refractivity contribution in [3.05, 3.63) is 77.7 Å². The molecule has 1 fully saturated rings. The second-order valence-corrected chi connectivity index (χ2v) is 7.43. The van der Waals surface area contributed by atoms with Crippen molar-refractivity contribution in [1.29, 1.82) is 0 Å². The quantitative estimate of drug-likeness (QED) is 0.554. The Bertz CT molecular complexity index is 1010. The lowest BCUT2D eigenvalue weighted by Gasteiger charge is -2.31. The van der Waals surface area contributed by atoms with E-state index in [0.29, 0.717) is 42.3 Å². The van der Waals surface area contributed by atoms with Crippen molar-refractivity contribution < 1.29 is 18.8 Å². The Morgan fingerprint density at radius 1 is 1.10 bits per heavy atom. The van der Waals surface area contributed by atoms with Crippen molar-refractivity contribution in [2.24, 2.45) is 5.92 Å². The number of hydrogen-bond donors (Lipinski definition) is 0. The number of benzene rings is 2. The minimum absolute atomic E-state index is 0.0492. The average molecular weight is 404 g/mol. The molecule has 6 heteroatoms. The van der Waals surface area contributed by atoms with Crippen LogP contribution in [0.2, 0.25) is 0 Å². The van der Waals surface area contributed by atoms with Crippen LogP contribution in [-0.2, 0) is 6.42 Å². The Hall–Kier alpha value is -3.41. The topological polar surface area (TPSA) is 72.6 Å². The van der Waals surface area contributed by atoms with Gasteiger partial charge in [0.25, 0.3) is 5.91 Å². The highest BCUT2D eigenvalue weighted by Gasteiger charge is 2.30. The molecule has 1 atom stereocenters. The summed E-state index contributed by atoms with van der Waals surface area (Å²) in [6, 6.07) is 18.4. The number of carbonyl (C=O) groups excluding carboxylic acids is 2. The third-order valence-corrected chi connectivity index (χ3v) is 5.32. The van der Waals surface area contributed by atoms with Crippen molar-refractivity contribution in [1.82, 2.24) is 10.1 Å². The lowest BCUT2D eigenvalue weighted by molar-refractivity contribution is 0.0628. The highest BCUT2D eigenvalue weighted by Crippen LogP contribution is 2.25. The van der Waals surface area contributed by atoms with E-state index in [1.807, 2.05) is 37.3 Å². The summed E-state index contributed by atoms with van der Waals surface area (Å²) in [5, 5.41) is 3.87. The van der Waals surface area contributed by atoms with Crippen LogP contribution in [0.5, 0.6) is 11.5 Å². The monoisotopic (exact) mass is 404 g/mol. The molecule has 1 amide bonds. The van der Waals surface area contributed by atoms with Crippen LogP contribution in [0.25, 0.3) is 0 Å². The molecule has 0 unspecified atom stereocenters. The first-order valence-electron chi connectivity index (χ1n) is 10.3. The Balaban J connectivity index is 1.40. The van der Waals surface area contributed by atoms with Crippen LogP contribution in [0, 0.1) is 5.92 Å². The van der Waals surface area contributed by atoms with E-state index in [2.05, 4.69) is 5.16 Å². The summed E-state index contributed by atoms with van der Waals surface area (Å²) in [5.41, 5.74) is 0.937. The van der Waals surface area contributed by atoms with Gasteiger partial charge in [0, 0.05) is 37.1 Å². The minimum atomic E-state index is -0.221. The molecule has 154 valence electrons. The van der Waals surface area contributed by atoms with Gasteiger partial charge in [-0.25, -0.2) is 0 Å². The second-order valence-electron chi connectivity index (χ2n) is 7.43. The zero-order valence-corrected chi connectivity index (χ0v) is 16.9. The van der Waals surface area contributed by atoms with E-state index in [1.165, 1.54) is 0 Å². The molecule has 6 nitrogen and oxygen atoms in total. The molecule has 0 radical (unpaired) electrons. The highest BCUT2D eigenvalue weighted by atomic mass is 16.5. The van der Waals surface area contributed by atoms with Crippen LogP contribution in [0.4, 0.5) is 0 Å². The van der Waals surface area contributed by atoms with Crippen molar-refractivity contribution >= 4 is 11.7 Å². The molecule has 1 saturated heterocycles. The number of likely N-dealkylation sites (tertiary alicyclic amines) is 1. The van der Waals surface area contributed by atoms with Gasteiger partial charge in [-0.1, -0.05) is 30.3 Å². The number of hydrogen-bond acceptors (Lipinski definition) is 5. The Kier molecular flexibility index (Phi) is 5.93.